The van der Waals surface area contributed by atoms with Gasteiger partial charge >= 0.3 is 0 Å². The SMILES string of the molecule is CC1C(Cl)=CC=CC1Cl. The number of halogens is 2. The molecule has 0 amide bonds. The van der Waals surface area contributed by atoms with E-state index in [0.717, 1.165) is 5.03 Å². The van der Waals surface area contributed by atoms with Crippen LogP contribution in [0.2, 0.25) is 0 Å². The molecule has 1 aliphatic carbocycles. The molecular formula is C7H8Cl2. The molecule has 0 radical (unpaired) electrons. The summed E-state index contributed by atoms with van der Waals surface area (Å²) in [5.74, 6) is 0.276. The molecule has 0 aromatic carbocycles. The lowest BCUT2D eigenvalue weighted by Crippen LogP contribution is -2.10. The van der Waals surface area contributed by atoms with Crippen molar-refractivity contribution in [3.8, 4) is 0 Å². The van der Waals surface area contributed by atoms with Crippen LogP contribution >= 0.6 is 23.2 Å². The van der Waals surface area contributed by atoms with Crippen molar-refractivity contribution in [2.75, 3.05) is 0 Å². The van der Waals surface area contributed by atoms with Crippen molar-refractivity contribution in [3.05, 3.63) is 23.3 Å². The summed E-state index contributed by atoms with van der Waals surface area (Å²) in [6, 6.07) is 0. The van der Waals surface area contributed by atoms with Crippen LogP contribution in [0, 0.1) is 5.92 Å². The predicted octanol–water partition coefficient (Wildman–Crippen LogP) is 2.92. The maximum absolute atomic E-state index is 5.85. The molecule has 0 nitrogen and oxygen atoms in total. The van der Waals surface area contributed by atoms with Gasteiger partial charge in [-0.3, -0.25) is 0 Å². The molecule has 2 heteroatoms. The molecule has 0 saturated carbocycles. The number of alkyl halides is 1. The molecule has 0 N–H and O–H groups in total. The molecule has 0 aromatic heterocycles. The van der Waals surface area contributed by atoms with Gasteiger partial charge in [0.05, 0.1) is 5.38 Å². The fraction of sp³-hybridized carbons (Fsp3) is 0.429. The summed E-state index contributed by atoms with van der Waals surface area (Å²) >= 11 is 11.6. The molecule has 0 saturated heterocycles. The lowest BCUT2D eigenvalue weighted by Gasteiger charge is -2.16. The highest BCUT2D eigenvalue weighted by molar-refractivity contribution is 6.31. The maximum atomic E-state index is 5.85. The molecule has 9 heavy (non-hydrogen) atoms. The Bertz CT molecular complexity index is 158. The smallest absolute Gasteiger partial charge is 0.0593 e. The van der Waals surface area contributed by atoms with Gasteiger partial charge in [-0.1, -0.05) is 30.7 Å². The molecule has 50 valence electrons. The van der Waals surface area contributed by atoms with Gasteiger partial charge in [0.25, 0.3) is 0 Å². The molecule has 2 unspecified atom stereocenters. The van der Waals surface area contributed by atoms with Crippen molar-refractivity contribution < 1.29 is 0 Å². The van der Waals surface area contributed by atoms with E-state index in [2.05, 4.69) is 0 Å². The second-order valence-electron chi connectivity index (χ2n) is 2.17. The monoisotopic (exact) mass is 162 g/mol. The fourth-order valence-corrected chi connectivity index (χ4v) is 1.22. The van der Waals surface area contributed by atoms with E-state index in [0.29, 0.717) is 0 Å². The zero-order chi connectivity index (χ0) is 6.85. The average Bonchev–Trinajstić information content (AvgIpc) is 1.83. The van der Waals surface area contributed by atoms with E-state index in [-0.39, 0.29) is 11.3 Å². The minimum absolute atomic E-state index is 0.0718. The highest BCUT2D eigenvalue weighted by Gasteiger charge is 2.16. The lowest BCUT2D eigenvalue weighted by molar-refractivity contribution is 0.729. The summed E-state index contributed by atoms with van der Waals surface area (Å²) < 4.78 is 0. The Morgan fingerprint density at radius 3 is 2.67 bits per heavy atom. The molecule has 1 rings (SSSR count). The van der Waals surface area contributed by atoms with E-state index in [4.69, 9.17) is 23.2 Å². The van der Waals surface area contributed by atoms with Crippen LogP contribution in [0.25, 0.3) is 0 Å². The summed E-state index contributed by atoms with van der Waals surface area (Å²) in [6.45, 7) is 2.01. The number of hydrogen-bond acceptors (Lipinski definition) is 0. The van der Waals surface area contributed by atoms with Gasteiger partial charge in [0.1, 0.15) is 0 Å². The Kier molecular flexibility index (Phi) is 2.20. The molecule has 0 spiro atoms. The van der Waals surface area contributed by atoms with Crippen molar-refractivity contribution in [1.82, 2.24) is 0 Å². The average molecular weight is 163 g/mol. The minimum Gasteiger partial charge on any atom is -0.118 e. The van der Waals surface area contributed by atoms with Gasteiger partial charge in [-0.2, -0.15) is 0 Å². The summed E-state index contributed by atoms with van der Waals surface area (Å²) in [5, 5.41) is 0.917. The first-order chi connectivity index (χ1) is 4.22. The summed E-state index contributed by atoms with van der Waals surface area (Å²) in [5.41, 5.74) is 0. The molecule has 0 aromatic rings. The third-order valence-electron chi connectivity index (χ3n) is 1.46. The van der Waals surface area contributed by atoms with E-state index in [1.165, 1.54) is 0 Å². The Morgan fingerprint density at radius 1 is 1.56 bits per heavy atom. The van der Waals surface area contributed by atoms with Gasteiger partial charge in [0.2, 0.25) is 0 Å². The van der Waals surface area contributed by atoms with Gasteiger partial charge < -0.3 is 0 Å². The van der Waals surface area contributed by atoms with E-state index in [1.54, 1.807) is 0 Å². The van der Waals surface area contributed by atoms with E-state index >= 15 is 0 Å². The zero-order valence-corrected chi connectivity index (χ0v) is 6.65. The topological polar surface area (TPSA) is 0 Å². The van der Waals surface area contributed by atoms with Gasteiger partial charge in [-0.15, -0.1) is 11.6 Å². The van der Waals surface area contributed by atoms with E-state index < -0.39 is 0 Å². The number of hydrogen-bond donors (Lipinski definition) is 0. The van der Waals surface area contributed by atoms with Gasteiger partial charge in [-0.05, 0) is 6.08 Å². The number of allylic oxidation sites excluding steroid dienone is 4. The second kappa shape index (κ2) is 2.76. The fourth-order valence-electron chi connectivity index (χ4n) is 0.724. The van der Waals surface area contributed by atoms with Crippen molar-refractivity contribution in [1.29, 1.82) is 0 Å². The largest absolute Gasteiger partial charge is 0.118 e. The molecule has 0 bridgehead atoms. The van der Waals surface area contributed by atoms with Gasteiger partial charge in [-0.25, -0.2) is 0 Å². The Labute approximate surface area is 65.2 Å². The van der Waals surface area contributed by atoms with Crippen LogP contribution in [0.4, 0.5) is 0 Å². The third kappa shape index (κ3) is 1.50. The molecule has 2 atom stereocenters. The van der Waals surface area contributed by atoms with Crippen LogP contribution in [0.5, 0.6) is 0 Å². The van der Waals surface area contributed by atoms with Crippen LogP contribution in [0.3, 0.4) is 0 Å². The predicted molar refractivity (Wildman–Crippen MR) is 41.9 cm³/mol. The van der Waals surface area contributed by atoms with Crippen molar-refractivity contribution in [3.63, 3.8) is 0 Å². The van der Waals surface area contributed by atoms with Crippen molar-refractivity contribution in [2.45, 2.75) is 12.3 Å². The first-order valence-electron chi connectivity index (χ1n) is 2.90. The summed E-state index contributed by atoms with van der Waals surface area (Å²) in [4.78, 5) is 0. The van der Waals surface area contributed by atoms with Crippen LogP contribution in [0.1, 0.15) is 6.92 Å². The van der Waals surface area contributed by atoms with Crippen molar-refractivity contribution >= 4 is 23.2 Å². The Morgan fingerprint density at radius 2 is 2.22 bits per heavy atom. The standard InChI is InChI=1S/C7H8Cl2/c1-5-6(8)3-2-4-7(5)9/h2-6H,1H3. The third-order valence-corrected chi connectivity index (χ3v) is 2.46. The van der Waals surface area contributed by atoms with E-state index in [9.17, 15) is 0 Å². The molecule has 0 heterocycles. The molecule has 1 aliphatic rings. The summed E-state index contributed by atoms with van der Waals surface area (Å²) in [6.07, 6.45) is 5.71. The Balaban J connectivity index is 2.73. The minimum atomic E-state index is 0.0718. The maximum Gasteiger partial charge on any atom is 0.0593 e. The first-order valence-corrected chi connectivity index (χ1v) is 3.71. The highest BCUT2D eigenvalue weighted by atomic mass is 35.5. The normalized spacial score (nSPS) is 34.3. The van der Waals surface area contributed by atoms with Gasteiger partial charge in [0.15, 0.2) is 0 Å². The van der Waals surface area contributed by atoms with Crippen LogP contribution in [0.15, 0.2) is 23.3 Å². The number of rotatable bonds is 0. The van der Waals surface area contributed by atoms with Crippen LogP contribution in [-0.4, -0.2) is 5.38 Å². The van der Waals surface area contributed by atoms with Crippen LogP contribution < -0.4 is 0 Å². The molecular weight excluding hydrogens is 155 g/mol. The second-order valence-corrected chi connectivity index (χ2v) is 3.11. The highest BCUT2D eigenvalue weighted by Crippen LogP contribution is 2.26. The molecule has 0 aliphatic heterocycles. The quantitative estimate of drug-likeness (QED) is 0.481. The van der Waals surface area contributed by atoms with E-state index in [1.807, 2.05) is 25.2 Å². The van der Waals surface area contributed by atoms with Crippen molar-refractivity contribution in [2.24, 2.45) is 5.92 Å². The molecule has 0 fully saturated rings. The Hall–Kier alpha value is 0.0600. The lowest BCUT2D eigenvalue weighted by atomic mass is 10.0. The zero-order valence-electron chi connectivity index (χ0n) is 5.14. The first kappa shape index (κ1) is 7.17. The summed E-state index contributed by atoms with van der Waals surface area (Å²) in [7, 11) is 0. The van der Waals surface area contributed by atoms with Crippen LogP contribution in [-0.2, 0) is 0 Å². The van der Waals surface area contributed by atoms with Gasteiger partial charge in [0, 0.05) is 11.0 Å².